The van der Waals surface area contributed by atoms with Gasteiger partial charge in [0.1, 0.15) is 6.54 Å². The lowest BCUT2D eigenvalue weighted by Crippen LogP contribution is -2.39. The Hall–Kier alpha value is -2.60. The lowest BCUT2D eigenvalue weighted by Gasteiger charge is -2.18. The van der Waals surface area contributed by atoms with Crippen molar-refractivity contribution in [2.75, 3.05) is 18.4 Å². The Kier molecular flexibility index (Phi) is 5.68. The second-order valence-corrected chi connectivity index (χ2v) is 4.66. The molecular formula is C12H10BrN3O5. The van der Waals surface area contributed by atoms with Gasteiger partial charge in [-0.1, -0.05) is 5.92 Å². The summed E-state index contributed by atoms with van der Waals surface area (Å²) in [4.78, 5) is 33.6. The van der Waals surface area contributed by atoms with E-state index in [-0.39, 0.29) is 22.4 Å². The van der Waals surface area contributed by atoms with Crippen LogP contribution in [-0.2, 0) is 4.79 Å². The van der Waals surface area contributed by atoms with E-state index in [1.54, 1.807) is 0 Å². The first kappa shape index (κ1) is 16.5. The Bertz CT molecular complexity index is 626. The molecule has 0 atom stereocenters. The third-order valence-corrected chi connectivity index (χ3v) is 2.96. The standard InChI is InChI=1S/C12H10BrN3O5/c1-2-5-15(7-11(17)18)12(19)14-8-3-4-9(13)10(6-8)16(20)21/h1,3-4,6H,5,7H2,(H,14,19)(H,17,18). The van der Waals surface area contributed by atoms with Crippen molar-refractivity contribution < 1.29 is 19.6 Å². The monoisotopic (exact) mass is 355 g/mol. The van der Waals surface area contributed by atoms with Crippen molar-refractivity contribution >= 4 is 39.3 Å². The predicted molar refractivity (Wildman–Crippen MR) is 77.9 cm³/mol. The smallest absolute Gasteiger partial charge is 0.323 e. The zero-order chi connectivity index (χ0) is 16.0. The van der Waals surface area contributed by atoms with E-state index >= 15 is 0 Å². The molecule has 0 spiro atoms. The number of aliphatic carboxylic acids is 1. The van der Waals surface area contributed by atoms with E-state index < -0.39 is 23.5 Å². The Labute approximate surface area is 128 Å². The zero-order valence-electron chi connectivity index (χ0n) is 10.6. The topological polar surface area (TPSA) is 113 Å². The third-order valence-electron chi connectivity index (χ3n) is 2.29. The maximum Gasteiger partial charge on any atom is 0.323 e. The molecule has 0 heterocycles. The number of halogens is 1. The van der Waals surface area contributed by atoms with Crippen LogP contribution < -0.4 is 5.32 Å². The highest BCUT2D eigenvalue weighted by atomic mass is 79.9. The summed E-state index contributed by atoms with van der Waals surface area (Å²) in [6.07, 6.45) is 5.06. The summed E-state index contributed by atoms with van der Waals surface area (Å²) in [5, 5.41) is 21.8. The molecule has 0 saturated heterocycles. The molecule has 21 heavy (non-hydrogen) atoms. The first-order valence-electron chi connectivity index (χ1n) is 5.50. The molecular weight excluding hydrogens is 346 g/mol. The minimum atomic E-state index is -1.22. The molecule has 0 aromatic heterocycles. The molecule has 2 amide bonds. The van der Waals surface area contributed by atoms with Crippen molar-refractivity contribution in [1.82, 2.24) is 4.90 Å². The van der Waals surface area contributed by atoms with Gasteiger partial charge in [-0.2, -0.15) is 0 Å². The Morgan fingerprint density at radius 1 is 1.52 bits per heavy atom. The fourth-order valence-electron chi connectivity index (χ4n) is 1.41. The van der Waals surface area contributed by atoms with E-state index in [1.165, 1.54) is 12.1 Å². The predicted octanol–water partition coefficient (Wildman–Crippen LogP) is 1.91. The van der Waals surface area contributed by atoms with Crippen LogP contribution in [0.4, 0.5) is 16.2 Å². The van der Waals surface area contributed by atoms with E-state index in [2.05, 4.69) is 27.2 Å². The number of carboxylic acids is 1. The molecule has 110 valence electrons. The number of hydrogen-bond donors (Lipinski definition) is 2. The molecule has 0 aliphatic rings. The molecule has 0 saturated carbocycles. The van der Waals surface area contributed by atoms with Crippen LogP contribution in [0, 0.1) is 22.5 Å². The third kappa shape index (κ3) is 4.77. The van der Waals surface area contributed by atoms with Crippen molar-refractivity contribution in [2.24, 2.45) is 0 Å². The van der Waals surface area contributed by atoms with E-state index in [4.69, 9.17) is 11.5 Å². The van der Waals surface area contributed by atoms with Crippen LogP contribution in [0.25, 0.3) is 0 Å². The molecule has 0 aliphatic carbocycles. The van der Waals surface area contributed by atoms with Gasteiger partial charge < -0.3 is 15.3 Å². The molecule has 2 N–H and O–H groups in total. The number of terminal acetylenes is 1. The lowest BCUT2D eigenvalue weighted by molar-refractivity contribution is -0.385. The average Bonchev–Trinajstić information content (AvgIpc) is 2.39. The number of rotatable bonds is 5. The van der Waals surface area contributed by atoms with Crippen molar-refractivity contribution in [1.29, 1.82) is 0 Å². The summed E-state index contributed by atoms with van der Waals surface area (Å²) in [5.41, 5.74) is -0.0724. The van der Waals surface area contributed by atoms with Gasteiger partial charge in [0.05, 0.1) is 15.9 Å². The molecule has 0 fully saturated rings. The molecule has 1 aromatic carbocycles. The Balaban J connectivity index is 2.91. The van der Waals surface area contributed by atoms with E-state index in [0.29, 0.717) is 0 Å². The fourth-order valence-corrected chi connectivity index (χ4v) is 1.80. The lowest BCUT2D eigenvalue weighted by atomic mass is 10.3. The van der Waals surface area contributed by atoms with E-state index in [9.17, 15) is 19.7 Å². The molecule has 8 nitrogen and oxygen atoms in total. The summed E-state index contributed by atoms with van der Waals surface area (Å²) in [6, 6.07) is 3.23. The number of anilines is 1. The van der Waals surface area contributed by atoms with Crippen LogP contribution in [0.5, 0.6) is 0 Å². The van der Waals surface area contributed by atoms with Gasteiger partial charge in [-0.15, -0.1) is 6.42 Å². The van der Waals surface area contributed by atoms with Crippen LogP contribution >= 0.6 is 15.9 Å². The first-order valence-corrected chi connectivity index (χ1v) is 6.29. The first-order chi connectivity index (χ1) is 9.85. The fraction of sp³-hybridized carbons (Fsp3) is 0.167. The van der Waals surface area contributed by atoms with Gasteiger partial charge >= 0.3 is 12.0 Å². The van der Waals surface area contributed by atoms with Crippen molar-refractivity contribution in [2.45, 2.75) is 0 Å². The van der Waals surface area contributed by atoms with Gasteiger partial charge in [-0.05, 0) is 28.1 Å². The van der Waals surface area contributed by atoms with Crippen LogP contribution in [0.2, 0.25) is 0 Å². The van der Waals surface area contributed by atoms with Crippen LogP contribution in [0.15, 0.2) is 22.7 Å². The van der Waals surface area contributed by atoms with Gasteiger partial charge in [-0.25, -0.2) is 4.79 Å². The molecule has 0 radical (unpaired) electrons. The highest BCUT2D eigenvalue weighted by Crippen LogP contribution is 2.27. The van der Waals surface area contributed by atoms with Gasteiger partial charge in [0, 0.05) is 11.8 Å². The van der Waals surface area contributed by atoms with Crippen molar-refractivity contribution in [3.63, 3.8) is 0 Å². The summed E-state index contributed by atoms with van der Waals surface area (Å²) >= 11 is 3.01. The number of carbonyl (C=O) groups excluding carboxylic acids is 1. The number of amides is 2. The number of nitro groups is 1. The van der Waals surface area contributed by atoms with Gasteiger partial charge in [-0.3, -0.25) is 14.9 Å². The largest absolute Gasteiger partial charge is 0.480 e. The van der Waals surface area contributed by atoms with Crippen molar-refractivity contribution in [3.8, 4) is 12.3 Å². The minimum absolute atomic E-state index is 0.155. The molecule has 9 heteroatoms. The normalized spacial score (nSPS) is 9.52. The van der Waals surface area contributed by atoms with Crippen LogP contribution in [0.3, 0.4) is 0 Å². The number of nitrogens with zero attached hydrogens (tertiary/aromatic N) is 2. The summed E-state index contributed by atoms with van der Waals surface area (Å²) in [7, 11) is 0. The Morgan fingerprint density at radius 2 is 2.19 bits per heavy atom. The molecule has 1 rings (SSSR count). The van der Waals surface area contributed by atoms with Crippen LogP contribution in [-0.4, -0.2) is 40.0 Å². The maximum absolute atomic E-state index is 11.9. The molecule has 0 unspecified atom stereocenters. The molecule has 0 bridgehead atoms. The average molecular weight is 356 g/mol. The van der Waals surface area contributed by atoms with Gasteiger partial charge in [0.15, 0.2) is 0 Å². The van der Waals surface area contributed by atoms with Crippen LogP contribution in [0.1, 0.15) is 0 Å². The summed E-state index contributed by atoms with van der Waals surface area (Å²) in [5.74, 6) is 0.944. The Morgan fingerprint density at radius 3 is 2.71 bits per heavy atom. The quantitative estimate of drug-likeness (QED) is 0.475. The number of hydrogen-bond acceptors (Lipinski definition) is 4. The summed E-state index contributed by atoms with van der Waals surface area (Å²) in [6.45, 7) is -0.772. The summed E-state index contributed by atoms with van der Waals surface area (Å²) < 4.78 is 0.261. The molecule has 1 aromatic rings. The SMILES string of the molecule is C#CCN(CC(=O)O)C(=O)Nc1ccc(Br)c([N+](=O)[O-])c1. The number of nitro benzene ring substituents is 1. The van der Waals surface area contributed by atoms with E-state index in [1.807, 2.05) is 0 Å². The number of urea groups is 1. The zero-order valence-corrected chi connectivity index (χ0v) is 12.2. The highest BCUT2D eigenvalue weighted by Gasteiger charge is 2.18. The van der Waals surface area contributed by atoms with E-state index in [0.717, 1.165) is 11.0 Å². The van der Waals surface area contributed by atoms with Crippen molar-refractivity contribution in [3.05, 3.63) is 32.8 Å². The van der Waals surface area contributed by atoms with Gasteiger partial charge in [0.25, 0.3) is 5.69 Å². The highest BCUT2D eigenvalue weighted by molar-refractivity contribution is 9.10. The number of benzene rings is 1. The number of carbonyl (C=O) groups is 2. The van der Waals surface area contributed by atoms with Gasteiger partial charge in [0.2, 0.25) is 0 Å². The number of carboxylic acid groups (broad SMARTS) is 1. The minimum Gasteiger partial charge on any atom is -0.480 e. The maximum atomic E-state index is 11.9. The number of nitrogens with one attached hydrogen (secondary N) is 1. The molecule has 0 aliphatic heterocycles. The second-order valence-electron chi connectivity index (χ2n) is 3.81. The second kappa shape index (κ2) is 7.25.